The first-order valence-electron chi connectivity index (χ1n) is 7.82. The van der Waals surface area contributed by atoms with E-state index in [1.54, 1.807) is 0 Å². The van der Waals surface area contributed by atoms with Crippen LogP contribution in [0.2, 0.25) is 0 Å². The molecule has 0 spiro atoms. The van der Waals surface area contributed by atoms with Gasteiger partial charge in [-0.05, 0) is 50.9 Å². The van der Waals surface area contributed by atoms with Crippen LogP contribution in [0.1, 0.15) is 51.4 Å². The van der Waals surface area contributed by atoms with Crippen LogP contribution in [0.3, 0.4) is 0 Å². The third kappa shape index (κ3) is 3.88. The van der Waals surface area contributed by atoms with E-state index in [1.807, 2.05) is 11.8 Å². The third-order valence-electron chi connectivity index (χ3n) is 4.96. The standard InChI is InChI=1S/C15H30N2S/c1-18-14-8-10-17(11-9-14)15(12-16)13-6-4-2-3-5-7-13/h13-15H,2-12,16H2,1H3. The van der Waals surface area contributed by atoms with Gasteiger partial charge in [-0.15, -0.1) is 0 Å². The lowest BCUT2D eigenvalue weighted by Crippen LogP contribution is -2.49. The molecule has 1 heterocycles. The number of hydrogen-bond acceptors (Lipinski definition) is 3. The monoisotopic (exact) mass is 270 g/mol. The molecule has 18 heavy (non-hydrogen) atoms. The fraction of sp³-hybridized carbons (Fsp3) is 1.00. The van der Waals surface area contributed by atoms with Crippen LogP contribution in [-0.4, -0.2) is 42.1 Å². The van der Waals surface area contributed by atoms with E-state index in [0.717, 1.165) is 17.7 Å². The van der Waals surface area contributed by atoms with Gasteiger partial charge in [0.05, 0.1) is 0 Å². The summed E-state index contributed by atoms with van der Waals surface area (Å²) in [6.45, 7) is 3.43. The number of thioether (sulfide) groups is 1. The summed E-state index contributed by atoms with van der Waals surface area (Å²) in [5.74, 6) is 0.878. The Morgan fingerprint density at radius 1 is 1.06 bits per heavy atom. The summed E-state index contributed by atoms with van der Waals surface area (Å²) in [5.41, 5.74) is 6.11. The van der Waals surface area contributed by atoms with Crippen LogP contribution in [0.15, 0.2) is 0 Å². The second-order valence-electron chi connectivity index (χ2n) is 6.03. The molecule has 2 N–H and O–H groups in total. The van der Waals surface area contributed by atoms with E-state index >= 15 is 0 Å². The summed E-state index contributed by atoms with van der Waals surface area (Å²) in [7, 11) is 0. The maximum atomic E-state index is 6.11. The average Bonchev–Trinajstić information content (AvgIpc) is 2.70. The van der Waals surface area contributed by atoms with Gasteiger partial charge in [-0.2, -0.15) is 11.8 Å². The Hall–Kier alpha value is 0.270. The van der Waals surface area contributed by atoms with Gasteiger partial charge in [-0.25, -0.2) is 0 Å². The second-order valence-corrected chi connectivity index (χ2v) is 7.16. The number of hydrogen-bond donors (Lipinski definition) is 1. The topological polar surface area (TPSA) is 29.3 Å². The first-order valence-corrected chi connectivity index (χ1v) is 9.11. The summed E-state index contributed by atoms with van der Waals surface area (Å²) in [4.78, 5) is 2.71. The van der Waals surface area contributed by atoms with Gasteiger partial charge in [0.2, 0.25) is 0 Å². The molecule has 2 nitrogen and oxygen atoms in total. The molecule has 0 aromatic carbocycles. The molecule has 0 aromatic heterocycles. The molecule has 2 fully saturated rings. The molecule has 0 radical (unpaired) electrons. The van der Waals surface area contributed by atoms with E-state index in [9.17, 15) is 0 Å². The van der Waals surface area contributed by atoms with Crippen LogP contribution in [0.4, 0.5) is 0 Å². The lowest BCUT2D eigenvalue weighted by atomic mass is 9.89. The summed E-state index contributed by atoms with van der Waals surface area (Å²) in [5, 5.41) is 0.897. The van der Waals surface area contributed by atoms with Gasteiger partial charge in [0.15, 0.2) is 0 Å². The Kier molecular flexibility index (Phi) is 6.33. The van der Waals surface area contributed by atoms with Crippen molar-refractivity contribution in [1.29, 1.82) is 0 Å². The maximum Gasteiger partial charge on any atom is 0.0246 e. The maximum absolute atomic E-state index is 6.11. The molecule has 1 saturated heterocycles. The van der Waals surface area contributed by atoms with E-state index in [-0.39, 0.29) is 0 Å². The summed E-state index contributed by atoms with van der Waals surface area (Å²) >= 11 is 2.05. The highest BCUT2D eigenvalue weighted by Crippen LogP contribution is 2.30. The molecule has 1 atom stereocenters. The SMILES string of the molecule is CSC1CCN(C(CN)C2CCCCCC2)CC1. The van der Waals surface area contributed by atoms with Crippen molar-refractivity contribution in [2.24, 2.45) is 11.7 Å². The van der Waals surface area contributed by atoms with Gasteiger partial charge in [0.25, 0.3) is 0 Å². The minimum atomic E-state index is 0.672. The van der Waals surface area contributed by atoms with Crippen LogP contribution >= 0.6 is 11.8 Å². The van der Waals surface area contributed by atoms with Crippen molar-refractivity contribution in [2.75, 3.05) is 25.9 Å². The molecule has 1 aliphatic heterocycles. The molecule has 2 rings (SSSR count). The zero-order chi connectivity index (χ0) is 12.8. The molecule has 0 amide bonds. The molecule has 1 aliphatic carbocycles. The highest BCUT2D eigenvalue weighted by molar-refractivity contribution is 7.99. The van der Waals surface area contributed by atoms with Gasteiger partial charge in [0.1, 0.15) is 0 Å². The molecule has 0 aromatic rings. The molecule has 106 valence electrons. The molecular weight excluding hydrogens is 240 g/mol. The molecule has 0 bridgehead atoms. The summed E-state index contributed by atoms with van der Waals surface area (Å²) in [6.07, 6.45) is 13.6. The van der Waals surface area contributed by atoms with Crippen molar-refractivity contribution in [2.45, 2.75) is 62.7 Å². The highest BCUT2D eigenvalue weighted by Gasteiger charge is 2.29. The molecule has 1 unspecified atom stereocenters. The number of piperidine rings is 1. The Balaban J connectivity index is 1.87. The van der Waals surface area contributed by atoms with E-state index in [2.05, 4.69) is 11.2 Å². The number of likely N-dealkylation sites (tertiary alicyclic amines) is 1. The number of nitrogens with zero attached hydrogens (tertiary/aromatic N) is 1. The van der Waals surface area contributed by atoms with E-state index in [0.29, 0.717) is 6.04 Å². The van der Waals surface area contributed by atoms with E-state index in [1.165, 1.54) is 64.5 Å². The van der Waals surface area contributed by atoms with Crippen molar-refractivity contribution in [3.8, 4) is 0 Å². The van der Waals surface area contributed by atoms with Crippen molar-refractivity contribution in [3.05, 3.63) is 0 Å². The zero-order valence-corrected chi connectivity index (χ0v) is 12.8. The van der Waals surface area contributed by atoms with E-state index < -0.39 is 0 Å². The molecule has 3 heteroatoms. The largest absolute Gasteiger partial charge is 0.329 e. The Labute approximate surface area is 117 Å². The lowest BCUT2D eigenvalue weighted by molar-refractivity contribution is 0.115. The van der Waals surface area contributed by atoms with E-state index in [4.69, 9.17) is 5.73 Å². The Morgan fingerprint density at radius 2 is 1.67 bits per heavy atom. The van der Waals surface area contributed by atoms with Crippen molar-refractivity contribution in [1.82, 2.24) is 4.90 Å². The van der Waals surface area contributed by atoms with Gasteiger partial charge in [-0.1, -0.05) is 25.7 Å². The van der Waals surface area contributed by atoms with Gasteiger partial charge in [-0.3, -0.25) is 4.90 Å². The smallest absolute Gasteiger partial charge is 0.0246 e. The number of nitrogens with two attached hydrogens (primary N) is 1. The molecule has 2 aliphatic rings. The quantitative estimate of drug-likeness (QED) is 0.796. The van der Waals surface area contributed by atoms with Crippen molar-refractivity contribution >= 4 is 11.8 Å². The normalized spacial score (nSPS) is 27.0. The Bertz CT molecular complexity index is 219. The van der Waals surface area contributed by atoms with Crippen LogP contribution in [0.5, 0.6) is 0 Å². The fourth-order valence-corrected chi connectivity index (χ4v) is 4.46. The minimum Gasteiger partial charge on any atom is -0.329 e. The predicted octanol–water partition coefficient (Wildman–Crippen LogP) is 3.11. The predicted molar refractivity (Wildman–Crippen MR) is 82.1 cm³/mol. The van der Waals surface area contributed by atoms with Gasteiger partial charge < -0.3 is 5.73 Å². The van der Waals surface area contributed by atoms with Crippen LogP contribution < -0.4 is 5.73 Å². The molecular formula is C15H30N2S. The van der Waals surface area contributed by atoms with Crippen LogP contribution in [0.25, 0.3) is 0 Å². The van der Waals surface area contributed by atoms with Crippen molar-refractivity contribution in [3.63, 3.8) is 0 Å². The zero-order valence-electron chi connectivity index (χ0n) is 11.9. The lowest BCUT2D eigenvalue weighted by Gasteiger charge is -2.40. The number of rotatable bonds is 4. The summed E-state index contributed by atoms with van der Waals surface area (Å²) in [6, 6.07) is 0.672. The minimum absolute atomic E-state index is 0.672. The molecule has 1 saturated carbocycles. The van der Waals surface area contributed by atoms with Gasteiger partial charge in [0, 0.05) is 17.8 Å². The Morgan fingerprint density at radius 3 is 2.17 bits per heavy atom. The fourth-order valence-electron chi connectivity index (χ4n) is 3.78. The van der Waals surface area contributed by atoms with Gasteiger partial charge >= 0.3 is 0 Å². The van der Waals surface area contributed by atoms with Crippen molar-refractivity contribution < 1.29 is 0 Å². The van der Waals surface area contributed by atoms with Crippen LogP contribution in [-0.2, 0) is 0 Å². The average molecular weight is 270 g/mol. The highest BCUT2D eigenvalue weighted by atomic mass is 32.2. The second kappa shape index (κ2) is 7.76. The van der Waals surface area contributed by atoms with Crippen LogP contribution in [0, 0.1) is 5.92 Å². The first-order chi connectivity index (χ1) is 8.85. The summed E-state index contributed by atoms with van der Waals surface area (Å²) < 4.78 is 0. The first kappa shape index (κ1) is 14.7. The third-order valence-corrected chi connectivity index (χ3v) is 6.10.